The number of rotatable bonds is 4. The van der Waals surface area contributed by atoms with E-state index in [1.165, 1.54) is 5.56 Å². The molecule has 0 unspecified atom stereocenters. The second-order valence-corrected chi connectivity index (χ2v) is 7.09. The first-order valence-corrected chi connectivity index (χ1v) is 9.51. The summed E-state index contributed by atoms with van der Waals surface area (Å²) in [6.45, 7) is 4.43. The van der Waals surface area contributed by atoms with Crippen LogP contribution in [0, 0.1) is 6.92 Å². The monoisotopic (exact) mass is 401 g/mol. The van der Waals surface area contributed by atoms with Gasteiger partial charge in [0.05, 0.1) is 0 Å². The number of nitrogens with two attached hydrogens (primary N) is 1. The van der Waals surface area contributed by atoms with Crippen molar-refractivity contribution < 1.29 is 9.59 Å². The highest BCUT2D eigenvalue weighted by Crippen LogP contribution is 2.17. The molecule has 0 aliphatic carbocycles. The Labute approximate surface area is 172 Å². The Kier molecular flexibility index (Phi) is 7.88. The van der Waals surface area contributed by atoms with Crippen molar-refractivity contribution in [2.24, 2.45) is 0 Å². The standard InChI is InChI=1S/C22H27N3O2.ClH/c1-17-8-10-19(23)16-20(17)22(27)25-13-5-12-24(14-15-25)21(26)11-9-18-6-3-2-4-7-18;/h2-4,6-8,10,16H,5,9,11-15,23H2,1H3;1H. The van der Waals surface area contributed by atoms with Crippen molar-refractivity contribution in [2.75, 3.05) is 31.9 Å². The molecule has 1 heterocycles. The number of amides is 2. The molecule has 5 nitrogen and oxygen atoms in total. The highest BCUT2D eigenvalue weighted by molar-refractivity contribution is 5.96. The molecule has 0 aromatic heterocycles. The van der Waals surface area contributed by atoms with Crippen LogP contribution < -0.4 is 5.73 Å². The Morgan fingerprint density at radius 3 is 2.39 bits per heavy atom. The molecule has 1 fully saturated rings. The van der Waals surface area contributed by atoms with Gasteiger partial charge < -0.3 is 15.5 Å². The Morgan fingerprint density at radius 1 is 0.964 bits per heavy atom. The van der Waals surface area contributed by atoms with Crippen molar-refractivity contribution in [2.45, 2.75) is 26.2 Å². The number of aryl methyl sites for hydroxylation is 2. The minimum absolute atomic E-state index is 0. The molecule has 1 saturated heterocycles. The van der Waals surface area contributed by atoms with Crippen LogP contribution >= 0.6 is 12.4 Å². The number of halogens is 1. The lowest BCUT2D eigenvalue weighted by Crippen LogP contribution is -2.37. The fourth-order valence-corrected chi connectivity index (χ4v) is 3.46. The van der Waals surface area contributed by atoms with Crippen LogP contribution in [0.4, 0.5) is 5.69 Å². The maximum Gasteiger partial charge on any atom is 0.254 e. The lowest BCUT2D eigenvalue weighted by Gasteiger charge is -2.23. The number of nitrogen functional groups attached to an aromatic ring is 1. The van der Waals surface area contributed by atoms with Gasteiger partial charge in [0.25, 0.3) is 5.91 Å². The van der Waals surface area contributed by atoms with Crippen molar-refractivity contribution >= 4 is 29.9 Å². The van der Waals surface area contributed by atoms with Gasteiger partial charge in [0.1, 0.15) is 0 Å². The molecule has 2 aromatic carbocycles. The van der Waals surface area contributed by atoms with Crippen LogP contribution in [-0.2, 0) is 11.2 Å². The van der Waals surface area contributed by atoms with Crippen LogP contribution in [0.3, 0.4) is 0 Å². The third kappa shape index (κ3) is 5.49. The SMILES string of the molecule is Cc1ccc(N)cc1C(=O)N1CCCN(C(=O)CCc2ccccc2)CC1.Cl. The third-order valence-electron chi connectivity index (χ3n) is 5.10. The molecule has 2 amide bonds. The average Bonchev–Trinajstić information content (AvgIpc) is 2.94. The number of carbonyl (C=O) groups excluding carboxylic acids is 2. The number of benzene rings is 2. The number of hydrogen-bond donors (Lipinski definition) is 1. The number of carbonyl (C=O) groups is 2. The summed E-state index contributed by atoms with van der Waals surface area (Å²) in [5.41, 5.74) is 9.19. The Morgan fingerprint density at radius 2 is 1.64 bits per heavy atom. The first-order chi connectivity index (χ1) is 13.0. The van der Waals surface area contributed by atoms with E-state index in [1.54, 1.807) is 6.07 Å². The predicted molar refractivity (Wildman–Crippen MR) is 115 cm³/mol. The van der Waals surface area contributed by atoms with Crippen LogP contribution in [0.5, 0.6) is 0 Å². The van der Waals surface area contributed by atoms with E-state index in [2.05, 4.69) is 0 Å². The summed E-state index contributed by atoms with van der Waals surface area (Å²) < 4.78 is 0. The number of anilines is 1. The van der Waals surface area contributed by atoms with Crippen LogP contribution in [0.15, 0.2) is 48.5 Å². The van der Waals surface area contributed by atoms with Crippen molar-refractivity contribution in [3.63, 3.8) is 0 Å². The molecule has 0 radical (unpaired) electrons. The van der Waals surface area contributed by atoms with E-state index in [1.807, 2.05) is 59.2 Å². The summed E-state index contributed by atoms with van der Waals surface area (Å²) >= 11 is 0. The molecule has 6 heteroatoms. The molecule has 0 saturated carbocycles. The van der Waals surface area contributed by atoms with Crippen molar-refractivity contribution in [3.8, 4) is 0 Å². The van der Waals surface area contributed by atoms with Gasteiger partial charge in [-0.25, -0.2) is 0 Å². The zero-order valence-electron chi connectivity index (χ0n) is 16.3. The molecule has 1 aliphatic heterocycles. The lowest BCUT2D eigenvalue weighted by atomic mass is 10.1. The van der Waals surface area contributed by atoms with Gasteiger partial charge in [-0.1, -0.05) is 36.4 Å². The first-order valence-electron chi connectivity index (χ1n) is 9.51. The summed E-state index contributed by atoms with van der Waals surface area (Å²) in [5.74, 6) is 0.159. The van der Waals surface area contributed by atoms with Crippen molar-refractivity contribution in [1.29, 1.82) is 0 Å². The first kappa shape index (κ1) is 21.8. The maximum atomic E-state index is 12.9. The number of nitrogens with zero attached hydrogens (tertiary/aromatic N) is 2. The zero-order chi connectivity index (χ0) is 19.2. The van der Waals surface area contributed by atoms with Gasteiger partial charge in [-0.2, -0.15) is 0 Å². The van der Waals surface area contributed by atoms with Gasteiger partial charge in [-0.3, -0.25) is 9.59 Å². The fourth-order valence-electron chi connectivity index (χ4n) is 3.46. The molecule has 2 aromatic rings. The largest absolute Gasteiger partial charge is 0.399 e. The maximum absolute atomic E-state index is 12.9. The summed E-state index contributed by atoms with van der Waals surface area (Å²) in [6, 6.07) is 15.5. The van der Waals surface area contributed by atoms with Gasteiger partial charge in [0.15, 0.2) is 0 Å². The normalized spacial score (nSPS) is 14.2. The second kappa shape index (κ2) is 10.1. The van der Waals surface area contributed by atoms with Crippen LogP contribution in [0.2, 0.25) is 0 Å². The average molecular weight is 402 g/mol. The smallest absolute Gasteiger partial charge is 0.254 e. The van der Waals surface area contributed by atoms with Gasteiger partial charge in [0, 0.05) is 43.9 Å². The topological polar surface area (TPSA) is 66.6 Å². The van der Waals surface area contributed by atoms with Gasteiger partial charge in [-0.15, -0.1) is 12.4 Å². The second-order valence-electron chi connectivity index (χ2n) is 7.09. The van der Waals surface area contributed by atoms with Gasteiger partial charge in [0.2, 0.25) is 5.91 Å². The summed E-state index contributed by atoms with van der Waals surface area (Å²) in [5, 5.41) is 0. The van der Waals surface area contributed by atoms with E-state index in [4.69, 9.17) is 5.73 Å². The van der Waals surface area contributed by atoms with E-state index in [9.17, 15) is 9.59 Å². The van der Waals surface area contributed by atoms with E-state index >= 15 is 0 Å². The molecule has 0 atom stereocenters. The molecular formula is C22H28ClN3O2. The van der Waals surface area contributed by atoms with E-state index in [-0.39, 0.29) is 24.2 Å². The van der Waals surface area contributed by atoms with E-state index in [0.717, 1.165) is 18.4 Å². The van der Waals surface area contributed by atoms with E-state index < -0.39 is 0 Å². The summed E-state index contributed by atoms with van der Waals surface area (Å²) in [6.07, 6.45) is 2.05. The Bertz CT molecular complexity index is 811. The van der Waals surface area contributed by atoms with Crippen molar-refractivity contribution in [1.82, 2.24) is 9.80 Å². The highest BCUT2D eigenvalue weighted by atomic mass is 35.5. The lowest BCUT2D eigenvalue weighted by molar-refractivity contribution is -0.131. The van der Waals surface area contributed by atoms with Crippen LogP contribution in [-0.4, -0.2) is 47.8 Å². The molecule has 0 spiro atoms. The third-order valence-corrected chi connectivity index (χ3v) is 5.10. The minimum Gasteiger partial charge on any atom is -0.399 e. The molecule has 1 aliphatic rings. The quantitative estimate of drug-likeness (QED) is 0.799. The molecule has 2 N–H and O–H groups in total. The Balaban J connectivity index is 0.00000280. The van der Waals surface area contributed by atoms with Gasteiger partial charge in [-0.05, 0) is 43.0 Å². The molecule has 28 heavy (non-hydrogen) atoms. The summed E-state index contributed by atoms with van der Waals surface area (Å²) in [4.78, 5) is 29.2. The van der Waals surface area contributed by atoms with Crippen LogP contribution in [0.25, 0.3) is 0 Å². The molecule has 0 bridgehead atoms. The Hall–Kier alpha value is -2.53. The molecular weight excluding hydrogens is 374 g/mol. The number of hydrogen-bond acceptors (Lipinski definition) is 3. The minimum atomic E-state index is -0.00150. The molecule has 150 valence electrons. The summed E-state index contributed by atoms with van der Waals surface area (Å²) in [7, 11) is 0. The van der Waals surface area contributed by atoms with Crippen molar-refractivity contribution in [3.05, 3.63) is 65.2 Å². The predicted octanol–water partition coefficient (Wildman–Crippen LogP) is 3.31. The van der Waals surface area contributed by atoms with Gasteiger partial charge >= 0.3 is 0 Å². The van der Waals surface area contributed by atoms with Crippen LogP contribution in [0.1, 0.15) is 34.3 Å². The molecule has 3 rings (SSSR count). The fraction of sp³-hybridized carbons (Fsp3) is 0.364. The highest BCUT2D eigenvalue weighted by Gasteiger charge is 2.23. The zero-order valence-corrected chi connectivity index (χ0v) is 17.1. The van der Waals surface area contributed by atoms with E-state index in [0.29, 0.717) is 43.9 Å².